The summed E-state index contributed by atoms with van der Waals surface area (Å²) in [5.74, 6) is 2.25. The molecule has 0 spiro atoms. The lowest BCUT2D eigenvalue weighted by Crippen LogP contribution is -2.32. The molecule has 0 saturated carbocycles. The van der Waals surface area contributed by atoms with Gasteiger partial charge in [0.05, 0.1) is 5.52 Å². The van der Waals surface area contributed by atoms with Crippen molar-refractivity contribution in [3.63, 3.8) is 0 Å². The normalized spacial score (nSPS) is 19.3. The third kappa shape index (κ3) is 2.58. The van der Waals surface area contributed by atoms with Gasteiger partial charge in [0.2, 0.25) is 0 Å². The van der Waals surface area contributed by atoms with Gasteiger partial charge in [-0.15, -0.1) is 0 Å². The van der Waals surface area contributed by atoms with Crippen molar-refractivity contribution < 1.29 is 0 Å². The van der Waals surface area contributed by atoms with Crippen LogP contribution in [0.2, 0.25) is 0 Å². The number of rotatable bonds is 3. The highest BCUT2D eigenvalue weighted by molar-refractivity contribution is 9.10. The Kier molecular flexibility index (Phi) is 3.93. The standard InChI is InChI=1S/C14H16BrN3S/c1-19-8-11-3-2-6-18(11)14-12-7-10(15)4-5-13(12)16-9-17-14/h4-5,7,9,11H,2-3,6,8H2,1H3. The number of aromatic nitrogens is 2. The Bertz CT molecular complexity index is 590. The van der Waals surface area contributed by atoms with E-state index in [9.17, 15) is 0 Å². The van der Waals surface area contributed by atoms with Crippen molar-refractivity contribution in [2.75, 3.05) is 23.5 Å². The van der Waals surface area contributed by atoms with Crippen LogP contribution in [-0.4, -0.2) is 34.6 Å². The molecule has 1 unspecified atom stereocenters. The summed E-state index contributed by atoms with van der Waals surface area (Å²) in [5.41, 5.74) is 1.02. The van der Waals surface area contributed by atoms with E-state index in [0.29, 0.717) is 6.04 Å². The SMILES string of the molecule is CSCC1CCCN1c1ncnc2ccc(Br)cc12. The zero-order chi connectivity index (χ0) is 13.2. The van der Waals surface area contributed by atoms with E-state index in [0.717, 1.165) is 27.7 Å². The van der Waals surface area contributed by atoms with Crippen molar-refractivity contribution in [3.8, 4) is 0 Å². The van der Waals surface area contributed by atoms with E-state index in [2.05, 4.69) is 43.1 Å². The fourth-order valence-corrected chi connectivity index (χ4v) is 3.82. The van der Waals surface area contributed by atoms with Gasteiger partial charge >= 0.3 is 0 Å². The van der Waals surface area contributed by atoms with Gasteiger partial charge in [0, 0.05) is 28.2 Å². The van der Waals surface area contributed by atoms with Crippen molar-refractivity contribution in [1.29, 1.82) is 0 Å². The number of benzene rings is 1. The number of fused-ring (bicyclic) bond motifs is 1. The van der Waals surface area contributed by atoms with E-state index in [-0.39, 0.29) is 0 Å². The summed E-state index contributed by atoms with van der Waals surface area (Å²) in [6, 6.07) is 6.80. The van der Waals surface area contributed by atoms with Crippen LogP contribution in [0.4, 0.5) is 5.82 Å². The molecule has 0 radical (unpaired) electrons. The maximum Gasteiger partial charge on any atom is 0.140 e. The highest BCUT2D eigenvalue weighted by Crippen LogP contribution is 2.31. The van der Waals surface area contributed by atoms with Crippen LogP contribution in [-0.2, 0) is 0 Å². The first-order chi connectivity index (χ1) is 9.29. The highest BCUT2D eigenvalue weighted by atomic mass is 79.9. The molecule has 0 amide bonds. The van der Waals surface area contributed by atoms with Gasteiger partial charge in [0.15, 0.2) is 0 Å². The number of hydrogen-bond acceptors (Lipinski definition) is 4. The average Bonchev–Trinajstić information content (AvgIpc) is 2.86. The smallest absolute Gasteiger partial charge is 0.140 e. The largest absolute Gasteiger partial charge is 0.352 e. The van der Waals surface area contributed by atoms with Crippen LogP contribution in [0.1, 0.15) is 12.8 Å². The summed E-state index contributed by atoms with van der Waals surface area (Å²) in [7, 11) is 0. The van der Waals surface area contributed by atoms with Crippen molar-refractivity contribution in [1.82, 2.24) is 9.97 Å². The minimum Gasteiger partial charge on any atom is -0.352 e. The number of hydrogen-bond donors (Lipinski definition) is 0. The fraction of sp³-hybridized carbons (Fsp3) is 0.429. The van der Waals surface area contributed by atoms with Gasteiger partial charge in [0.1, 0.15) is 12.1 Å². The molecule has 5 heteroatoms. The Morgan fingerprint density at radius 3 is 3.16 bits per heavy atom. The molecule has 2 heterocycles. The third-order valence-corrected chi connectivity index (χ3v) is 4.80. The van der Waals surface area contributed by atoms with Crippen LogP contribution >= 0.6 is 27.7 Å². The summed E-state index contributed by atoms with van der Waals surface area (Å²) in [6.07, 6.45) is 6.37. The minimum atomic E-state index is 0.604. The third-order valence-electron chi connectivity index (χ3n) is 3.58. The van der Waals surface area contributed by atoms with Crippen LogP contribution in [0, 0.1) is 0 Å². The Hall–Kier alpha value is -0.810. The molecular formula is C14H16BrN3S. The number of nitrogens with zero attached hydrogens (tertiary/aromatic N) is 3. The summed E-state index contributed by atoms with van der Waals surface area (Å²) >= 11 is 5.45. The van der Waals surface area contributed by atoms with Crippen molar-refractivity contribution in [2.24, 2.45) is 0 Å². The van der Waals surface area contributed by atoms with Crippen LogP contribution in [0.15, 0.2) is 29.0 Å². The van der Waals surface area contributed by atoms with Crippen LogP contribution < -0.4 is 4.90 Å². The molecule has 0 bridgehead atoms. The second-order valence-electron chi connectivity index (χ2n) is 4.80. The molecular weight excluding hydrogens is 322 g/mol. The maximum atomic E-state index is 4.55. The highest BCUT2D eigenvalue weighted by Gasteiger charge is 2.26. The van der Waals surface area contributed by atoms with Gasteiger partial charge in [-0.2, -0.15) is 11.8 Å². The molecule has 1 aliphatic heterocycles. The molecule has 100 valence electrons. The van der Waals surface area contributed by atoms with Gasteiger partial charge < -0.3 is 4.90 Å². The Labute approximate surface area is 125 Å². The van der Waals surface area contributed by atoms with Crippen LogP contribution in [0.3, 0.4) is 0 Å². The number of halogens is 1. The summed E-state index contributed by atoms with van der Waals surface area (Å²) in [4.78, 5) is 11.4. The van der Waals surface area contributed by atoms with Crippen molar-refractivity contribution >= 4 is 44.4 Å². The lowest BCUT2D eigenvalue weighted by molar-refractivity contribution is 0.739. The minimum absolute atomic E-state index is 0.604. The van der Waals surface area contributed by atoms with Crippen LogP contribution in [0.25, 0.3) is 10.9 Å². The Morgan fingerprint density at radius 1 is 1.42 bits per heavy atom. The van der Waals surface area contributed by atoms with E-state index in [1.807, 2.05) is 23.9 Å². The summed E-state index contributed by atoms with van der Waals surface area (Å²) in [5, 5.41) is 1.14. The second kappa shape index (κ2) is 5.67. The molecule has 1 aliphatic rings. The van der Waals surface area contributed by atoms with Crippen molar-refractivity contribution in [3.05, 3.63) is 29.0 Å². The topological polar surface area (TPSA) is 29.0 Å². The van der Waals surface area contributed by atoms with Crippen molar-refractivity contribution in [2.45, 2.75) is 18.9 Å². The molecule has 2 aromatic rings. The first-order valence-electron chi connectivity index (χ1n) is 6.45. The molecule has 1 aromatic carbocycles. The second-order valence-corrected chi connectivity index (χ2v) is 6.63. The molecule has 3 rings (SSSR count). The van der Waals surface area contributed by atoms with E-state index in [1.165, 1.54) is 18.6 Å². The molecule has 1 atom stereocenters. The molecule has 1 fully saturated rings. The van der Waals surface area contributed by atoms with E-state index in [4.69, 9.17) is 0 Å². The van der Waals surface area contributed by atoms with E-state index in [1.54, 1.807) is 6.33 Å². The molecule has 3 nitrogen and oxygen atoms in total. The zero-order valence-electron chi connectivity index (χ0n) is 10.8. The predicted octanol–water partition coefficient (Wildman–Crippen LogP) is 3.72. The molecule has 0 aliphatic carbocycles. The van der Waals surface area contributed by atoms with Crippen LogP contribution in [0.5, 0.6) is 0 Å². The van der Waals surface area contributed by atoms with Gasteiger partial charge in [-0.25, -0.2) is 9.97 Å². The lowest BCUT2D eigenvalue weighted by atomic mass is 10.2. The maximum absolute atomic E-state index is 4.55. The van der Waals surface area contributed by atoms with Gasteiger partial charge in [-0.3, -0.25) is 0 Å². The van der Waals surface area contributed by atoms with E-state index >= 15 is 0 Å². The monoisotopic (exact) mass is 337 g/mol. The van der Waals surface area contributed by atoms with Gasteiger partial charge in [-0.05, 0) is 37.3 Å². The molecule has 19 heavy (non-hydrogen) atoms. The quantitative estimate of drug-likeness (QED) is 0.853. The lowest BCUT2D eigenvalue weighted by Gasteiger charge is -2.26. The first-order valence-corrected chi connectivity index (χ1v) is 8.64. The Morgan fingerprint density at radius 2 is 2.32 bits per heavy atom. The molecule has 1 saturated heterocycles. The van der Waals surface area contributed by atoms with Gasteiger partial charge in [-0.1, -0.05) is 15.9 Å². The zero-order valence-corrected chi connectivity index (χ0v) is 13.2. The number of thioether (sulfide) groups is 1. The average molecular weight is 338 g/mol. The van der Waals surface area contributed by atoms with Gasteiger partial charge in [0.25, 0.3) is 0 Å². The molecule has 0 N–H and O–H groups in total. The summed E-state index contributed by atoms with van der Waals surface area (Å²) < 4.78 is 1.08. The summed E-state index contributed by atoms with van der Waals surface area (Å²) in [6.45, 7) is 1.10. The number of anilines is 1. The Balaban J connectivity index is 2.06. The fourth-order valence-electron chi connectivity index (χ4n) is 2.72. The van der Waals surface area contributed by atoms with E-state index < -0.39 is 0 Å². The first kappa shape index (κ1) is 13.2. The predicted molar refractivity (Wildman–Crippen MR) is 86.0 cm³/mol. The molecule has 1 aromatic heterocycles.